The molecule has 2 aromatic heterocycles. The summed E-state index contributed by atoms with van der Waals surface area (Å²) in [6.45, 7) is 2.37. The van der Waals surface area contributed by atoms with Crippen LogP contribution < -0.4 is 4.90 Å². The van der Waals surface area contributed by atoms with Crippen LogP contribution in [-0.2, 0) is 11.2 Å². The minimum absolute atomic E-state index is 0.174. The lowest BCUT2D eigenvalue weighted by atomic mass is 10.1. The third-order valence-corrected chi connectivity index (χ3v) is 3.97. The number of benzene rings is 1. The number of morpholine rings is 1. The van der Waals surface area contributed by atoms with Crippen molar-refractivity contribution in [3.63, 3.8) is 0 Å². The molecule has 1 aliphatic heterocycles. The van der Waals surface area contributed by atoms with Crippen LogP contribution in [-0.4, -0.2) is 46.0 Å². The standard InChI is InChI=1S/C16H17N5O/c1-2-4-12(5-3-1)8-13-10-21(6-7-22-13)16-14-9-19-20-15(14)17-11-18-16/h1-5,9,11,13H,6-8,10H2,(H,17,18,19,20). The normalized spacial score (nSPS) is 18.7. The molecule has 1 atom stereocenters. The summed E-state index contributed by atoms with van der Waals surface area (Å²) in [7, 11) is 0. The van der Waals surface area contributed by atoms with Gasteiger partial charge in [-0.3, -0.25) is 5.10 Å². The van der Waals surface area contributed by atoms with Gasteiger partial charge < -0.3 is 9.64 Å². The van der Waals surface area contributed by atoms with Gasteiger partial charge in [0.05, 0.1) is 24.3 Å². The maximum Gasteiger partial charge on any atom is 0.160 e. The molecule has 1 aromatic carbocycles. The Morgan fingerprint density at radius 1 is 1.23 bits per heavy atom. The number of anilines is 1. The first-order chi connectivity index (χ1) is 10.9. The number of H-pyrrole nitrogens is 1. The zero-order chi connectivity index (χ0) is 14.8. The molecule has 6 heteroatoms. The average Bonchev–Trinajstić information content (AvgIpc) is 3.04. The zero-order valence-electron chi connectivity index (χ0n) is 12.1. The molecule has 1 aliphatic rings. The number of hydrogen-bond donors (Lipinski definition) is 1. The largest absolute Gasteiger partial charge is 0.374 e. The number of rotatable bonds is 3. The van der Waals surface area contributed by atoms with Crippen LogP contribution in [0.15, 0.2) is 42.9 Å². The smallest absolute Gasteiger partial charge is 0.160 e. The van der Waals surface area contributed by atoms with Gasteiger partial charge in [0, 0.05) is 19.5 Å². The molecule has 1 saturated heterocycles. The molecule has 6 nitrogen and oxygen atoms in total. The molecule has 1 unspecified atom stereocenters. The molecule has 4 rings (SSSR count). The molecule has 112 valence electrons. The van der Waals surface area contributed by atoms with Crippen molar-refractivity contribution in [2.75, 3.05) is 24.6 Å². The third-order valence-electron chi connectivity index (χ3n) is 3.97. The lowest BCUT2D eigenvalue weighted by Gasteiger charge is -2.34. The minimum atomic E-state index is 0.174. The number of ether oxygens (including phenoxy) is 1. The second-order valence-corrected chi connectivity index (χ2v) is 5.46. The maximum absolute atomic E-state index is 5.92. The van der Waals surface area contributed by atoms with E-state index in [-0.39, 0.29) is 6.10 Å². The molecule has 0 saturated carbocycles. The van der Waals surface area contributed by atoms with Crippen molar-refractivity contribution in [3.8, 4) is 0 Å². The number of hydrogen-bond acceptors (Lipinski definition) is 5. The van der Waals surface area contributed by atoms with Crippen LogP contribution in [0.2, 0.25) is 0 Å². The van der Waals surface area contributed by atoms with Crippen LogP contribution in [0.1, 0.15) is 5.56 Å². The van der Waals surface area contributed by atoms with Crippen molar-refractivity contribution in [1.29, 1.82) is 0 Å². The highest BCUT2D eigenvalue weighted by atomic mass is 16.5. The summed E-state index contributed by atoms with van der Waals surface area (Å²) in [5.41, 5.74) is 2.07. The van der Waals surface area contributed by atoms with Crippen molar-refractivity contribution in [2.24, 2.45) is 0 Å². The fourth-order valence-electron chi connectivity index (χ4n) is 2.92. The molecule has 0 aliphatic carbocycles. The zero-order valence-corrected chi connectivity index (χ0v) is 12.1. The Bertz CT molecular complexity index is 757. The highest BCUT2D eigenvalue weighted by Crippen LogP contribution is 2.23. The Kier molecular flexibility index (Phi) is 3.44. The van der Waals surface area contributed by atoms with Gasteiger partial charge in [-0.15, -0.1) is 0 Å². The van der Waals surface area contributed by atoms with Gasteiger partial charge in [-0.25, -0.2) is 9.97 Å². The molecule has 22 heavy (non-hydrogen) atoms. The molecular formula is C16H17N5O. The molecule has 0 bridgehead atoms. The summed E-state index contributed by atoms with van der Waals surface area (Å²) in [5, 5.41) is 7.91. The van der Waals surface area contributed by atoms with E-state index in [0.29, 0.717) is 6.61 Å². The van der Waals surface area contributed by atoms with Gasteiger partial charge in [0.2, 0.25) is 0 Å². The molecule has 1 N–H and O–H groups in total. The van der Waals surface area contributed by atoms with E-state index in [1.807, 2.05) is 6.07 Å². The second-order valence-electron chi connectivity index (χ2n) is 5.46. The SMILES string of the molecule is c1ccc(CC2CN(c3ncnc4[nH]ncc34)CCO2)cc1. The fraction of sp³-hybridized carbons (Fsp3) is 0.312. The van der Waals surface area contributed by atoms with E-state index >= 15 is 0 Å². The first-order valence-corrected chi connectivity index (χ1v) is 7.45. The van der Waals surface area contributed by atoms with Crippen LogP contribution in [0.25, 0.3) is 11.0 Å². The van der Waals surface area contributed by atoms with Crippen LogP contribution in [0.4, 0.5) is 5.82 Å². The van der Waals surface area contributed by atoms with Gasteiger partial charge in [0.25, 0.3) is 0 Å². The van der Waals surface area contributed by atoms with E-state index in [4.69, 9.17) is 4.74 Å². The summed E-state index contributed by atoms with van der Waals surface area (Å²) in [6, 6.07) is 10.4. The molecule has 0 radical (unpaired) electrons. The van der Waals surface area contributed by atoms with E-state index in [9.17, 15) is 0 Å². The monoisotopic (exact) mass is 295 g/mol. The average molecular weight is 295 g/mol. The highest BCUT2D eigenvalue weighted by molar-refractivity contribution is 5.86. The summed E-state index contributed by atoms with van der Waals surface area (Å²) in [6.07, 6.45) is 4.45. The van der Waals surface area contributed by atoms with Gasteiger partial charge in [0.1, 0.15) is 12.1 Å². The molecule has 0 amide bonds. The lowest BCUT2D eigenvalue weighted by Crippen LogP contribution is -2.43. The highest BCUT2D eigenvalue weighted by Gasteiger charge is 2.23. The number of aromatic amines is 1. The summed E-state index contributed by atoms with van der Waals surface area (Å²) < 4.78 is 5.92. The fourth-order valence-corrected chi connectivity index (χ4v) is 2.92. The van der Waals surface area contributed by atoms with E-state index < -0.39 is 0 Å². The quantitative estimate of drug-likeness (QED) is 0.798. The molecular weight excluding hydrogens is 278 g/mol. The molecule has 1 fully saturated rings. The van der Waals surface area contributed by atoms with Gasteiger partial charge >= 0.3 is 0 Å². The van der Waals surface area contributed by atoms with Crippen LogP contribution >= 0.6 is 0 Å². The van der Waals surface area contributed by atoms with Gasteiger partial charge in [-0.1, -0.05) is 30.3 Å². The summed E-state index contributed by atoms with van der Waals surface area (Å²) in [4.78, 5) is 10.9. The molecule has 3 aromatic rings. The molecule has 3 heterocycles. The topological polar surface area (TPSA) is 66.9 Å². The van der Waals surface area contributed by atoms with Crippen molar-refractivity contribution in [1.82, 2.24) is 20.2 Å². The van der Waals surface area contributed by atoms with Gasteiger partial charge in [0.15, 0.2) is 5.65 Å². The van der Waals surface area contributed by atoms with E-state index in [2.05, 4.69) is 49.3 Å². The van der Waals surface area contributed by atoms with Crippen molar-refractivity contribution in [2.45, 2.75) is 12.5 Å². The van der Waals surface area contributed by atoms with Crippen LogP contribution in [0, 0.1) is 0 Å². The predicted octanol–water partition coefficient (Wildman–Crippen LogP) is 1.80. The Labute approximate surface area is 128 Å². The first-order valence-electron chi connectivity index (χ1n) is 7.45. The van der Waals surface area contributed by atoms with Crippen molar-refractivity contribution < 1.29 is 4.74 Å². The lowest BCUT2D eigenvalue weighted by molar-refractivity contribution is 0.0409. The Hall–Kier alpha value is -2.47. The van der Waals surface area contributed by atoms with Crippen molar-refractivity contribution in [3.05, 3.63) is 48.4 Å². The third kappa shape index (κ3) is 2.53. The van der Waals surface area contributed by atoms with E-state index in [1.54, 1.807) is 12.5 Å². The van der Waals surface area contributed by atoms with Crippen LogP contribution in [0.5, 0.6) is 0 Å². The number of nitrogens with zero attached hydrogens (tertiary/aromatic N) is 4. The predicted molar refractivity (Wildman–Crippen MR) is 83.8 cm³/mol. The van der Waals surface area contributed by atoms with E-state index in [0.717, 1.165) is 36.4 Å². The maximum atomic E-state index is 5.92. The summed E-state index contributed by atoms with van der Waals surface area (Å²) in [5.74, 6) is 0.931. The minimum Gasteiger partial charge on any atom is -0.374 e. The Morgan fingerprint density at radius 2 is 2.14 bits per heavy atom. The number of nitrogens with one attached hydrogen (secondary N) is 1. The summed E-state index contributed by atoms with van der Waals surface area (Å²) >= 11 is 0. The number of fused-ring (bicyclic) bond motifs is 1. The van der Waals surface area contributed by atoms with Crippen LogP contribution in [0.3, 0.4) is 0 Å². The van der Waals surface area contributed by atoms with Gasteiger partial charge in [-0.05, 0) is 5.56 Å². The first kappa shape index (κ1) is 13.2. The number of aromatic nitrogens is 4. The van der Waals surface area contributed by atoms with Gasteiger partial charge in [-0.2, -0.15) is 5.10 Å². The second kappa shape index (κ2) is 5.73. The molecule has 0 spiro atoms. The Morgan fingerprint density at radius 3 is 3.05 bits per heavy atom. The van der Waals surface area contributed by atoms with Crippen molar-refractivity contribution >= 4 is 16.9 Å². The Balaban J connectivity index is 1.55. The van der Waals surface area contributed by atoms with E-state index in [1.165, 1.54) is 5.56 Å².